The Labute approximate surface area is 121 Å². The summed E-state index contributed by atoms with van der Waals surface area (Å²) in [5.41, 5.74) is 0. The smallest absolute Gasteiger partial charge is 0.287 e. The zero-order chi connectivity index (χ0) is 14.5. The van der Waals surface area contributed by atoms with Crippen molar-refractivity contribution in [3.05, 3.63) is 17.3 Å². The zero-order valence-corrected chi connectivity index (χ0v) is 12.6. The van der Waals surface area contributed by atoms with Crippen molar-refractivity contribution in [2.24, 2.45) is 0 Å². The summed E-state index contributed by atoms with van der Waals surface area (Å²) in [5.74, 6) is 0.387. The summed E-state index contributed by atoms with van der Waals surface area (Å²) in [6.45, 7) is 6.88. The van der Waals surface area contributed by atoms with Crippen molar-refractivity contribution < 1.29 is 4.79 Å². The summed E-state index contributed by atoms with van der Waals surface area (Å²) in [4.78, 5) is 12.1. The minimum atomic E-state index is -0.269. The Morgan fingerprint density at radius 3 is 2.95 bits per heavy atom. The maximum absolute atomic E-state index is 12.1. The van der Waals surface area contributed by atoms with Crippen molar-refractivity contribution in [3.63, 3.8) is 0 Å². The number of nitrogens with zero attached hydrogens (tertiary/aromatic N) is 4. The molecular formula is C12H18N6OS. The lowest BCUT2D eigenvalue weighted by Gasteiger charge is -2.10. The van der Waals surface area contributed by atoms with Gasteiger partial charge in [0.2, 0.25) is 10.1 Å². The van der Waals surface area contributed by atoms with Crippen LogP contribution in [-0.2, 0) is 0 Å². The number of rotatable bonds is 6. The summed E-state index contributed by atoms with van der Waals surface area (Å²) < 4.78 is 1.75. The number of hydrogen-bond acceptors (Lipinski definition) is 6. The van der Waals surface area contributed by atoms with Crippen molar-refractivity contribution in [2.45, 2.75) is 33.2 Å². The van der Waals surface area contributed by atoms with Gasteiger partial charge in [-0.3, -0.25) is 4.79 Å². The SMILES string of the molecule is CCCNc1nnc(C(=O)Nc2ccnn2C(C)C)s1. The van der Waals surface area contributed by atoms with E-state index in [-0.39, 0.29) is 11.9 Å². The predicted molar refractivity (Wildman–Crippen MR) is 79.3 cm³/mol. The van der Waals surface area contributed by atoms with Crippen molar-refractivity contribution in [1.29, 1.82) is 0 Å². The standard InChI is InChI=1S/C12H18N6OS/c1-4-6-13-12-17-16-11(20-12)10(19)15-9-5-7-14-18(9)8(2)3/h5,7-8H,4,6H2,1-3H3,(H,13,17)(H,15,19). The van der Waals surface area contributed by atoms with Crippen LogP contribution in [0.4, 0.5) is 10.9 Å². The van der Waals surface area contributed by atoms with Crippen LogP contribution in [0.3, 0.4) is 0 Å². The van der Waals surface area contributed by atoms with Gasteiger partial charge in [-0.05, 0) is 20.3 Å². The number of carbonyl (C=O) groups is 1. The summed E-state index contributed by atoms with van der Waals surface area (Å²) in [5, 5.41) is 18.9. The Bertz CT molecular complexity index is 576. The minimum Gasteiger partial charge on any atom is -0.360 e. The number of hydrogen-bond donors (Lipinski definition) is 2. The fourth-order valence-corrected chi connectivity index (χ4v) is 2.28. The number of nitrogens with one attached hydrogen (secondary N) is 2. The van der Waals surface area contributed by atoms with Crippen LogP contribution in [0, 0.1) is 0 Å². The van der Waals surface area contributed by atoms with E-state index < -0.39 is 0 Å². The van der Waals surface area contributed by atoms with Gasteiger partial charge in [-0.1, -0.05) is 18.3 Å². The molecule has 1 amide bonds. The fraction of sp³-hybridized carbons (Fsp3) is 0.500. The quantitative estimate of drug-likeness (QED) is 0.854. The largest absolute Gasteiger partial charge is 0.360 e. The van der Waals surface area contributed by atoms with Gasteiger partial charge in [-0.2, -0.15) is 5.10 Å². The second kappa shape index (κ2) is 6.47. The molecule has 2 N–H and O–H groups in total. The molecule has 0 spiro atoms. The molecule has 0 aromatic carbocycles. The van der Waals surface area contributed by atoms with Crippen LogP contribution in [0.25, 0.3) is 0 Å². The predicted octanol–water partition coefficient (Wildman–Crippen LogP) is 2.39. The Balaban J connectivity index is 2.04. The number of aromatic nitrogens is 4. The first-order valence-corrected chi connectivity index (χ1v) is 7.35. The lowest BCUT2D eigenvalue weighted by Crippen LogP contribution is -2.16. The van der Waals surface area contributed by atoms with E-state index in [9.17, 15) is 4.79 Å². The highest BCUT2D eigenvalue weighted by molar-refractivity contribution is 7.17. The third-order valence-corrected chi connectivity index (χ3v) is 3.43. The van der Waals surface area contributed by atoms with E-state index in [0.29, 0.717) is 16.0 Å². The molecule has 0 bridgehead atoms. The van der Waals surface area contributed by atoms with Gasteiger partial charge >= 0.3 is 0 Å². The Hall–Kier alpha value is -1.96. The number of amides is 1. The lowest BCUT2D eigenvalue weighted by atomic mass is 10.4. The van der Waals surface area contributed by atoms with Gasteiger partial charge in [0.25, 0.3) is 5.91 Å². The van der Waals surface area contributed by atoms with Gasteiger partial charge in [0.15, 0.2) is 0 Å². The molecule has 2 rings (SSSR count). The Kier molecular flexibility index (Phi) is 4.67. The average Bonchev–Trinajstić information content (AvgIpc) is 3.04. The molecule has 7 nitrogen and oxygen atoms in total. The lowest BCUT2D eigenvalue weighted by molar-refractivity contribution is 0.102. The maximum Gasteiger partial charge on any atom is 0.287 e. The van der Waals surface area contributed by atoms with E-state index in [0.717, 1.165) is 13.0 Å². The highest BCUT2D eigenvalue weighted by Crippen LogP contribution is 2.18. The highest BCUT2D eigenvalue weighted by Gasteiger charge is 2.15. The third-order valence-electron chi connectivity index (χ3n) is 2.55. The van der Waals surface area contributed by atoms with Crippen LogP contribution >= 0.6 is 11.3 Å². The van der Waals surface area contributed by atoms with Crippen LogP contribution < -0.4 is 10.6 Å². The molecule has 2 aromatic rings. The molecule has 0 saturated heterocycles. The van der Waals surface area contributed by atoms with Gasteiger partial charge in [-0.15, -0.1) is 10.2 Å². The van der Waals surface area contributed by atoms with Gasteiger partial charge in [0, 0.05) is 18.7 Å². The first kappa shape index (κ1) is 14.4. The molecule has 8 heteroatoms. The van der Waals surface area contributed by atoms with E-state index in [1.54, 1.807) is 16.9 Å². The molecule has 0 atom stereocenters. The first-order valence-electron chi connectivity index (χ1n) is 6.54. The van der Waals surface area contributed by atoms with Gasteiger partial charge in [-0.25, -0.2) is 4.68 Å². The van der Waals surface area contributed by atoms with Crippen molar-refractivity contribution in [1.82, 2.24) is 20.0 Å². The molecule has 0 aliphatic heterocycles. The maximum atomic E-state index is 12.1. The molecule has 108 valence electrons. The van der Waals surface area contributed by atoms with E-state index in [1.807, 2.05) is 13.8 Å². The van der Waals surface area contributed by atoms with E-state index in [2.05, 4.69) is 32.9 Å². The first-order chi connectivity index (χ1) is 9.61. The molecular weight excluding hydrogens is 276 g/mol. The normalized spacial score (nSPS) is 10.8. The van der Waals surface area contributed by atoms with Crippen LogP contribution in [0.1, 0.15) is 43.0 Å². The van der Waals surface area contributed by atoms with Crippen LogP contribution in [0.15, 0.2) is 12.3 Å². The second-order valence-electron chi connectivity index (χ2n) is 4.55. The molecule has 2 aromatic heterocycles. The Morgan fingerprint density at radius 2 is 2.25 bits per heavy atom. The summed E-state index contributed by atoms with van der Waals surface area (Å²) in [7, 11) is 0. The average molecular weight is 294 g/mol. The number of anilines is 2. The zero-order valence-electron chi connectivity index (χ0n) is 11.8. The summed E-state index contributed by atoms with van der Waals surface area (Å²) >= 11 is 1.24. The highest BCUT2D eigenvalue weighted by atomic mass is 32.1. The van der Waals surface area contributed by atoms with Crippen molar-refractivity contribution >= 4 is 28.2 Å². The molecule has 2 heterocycles. The van der Waals surface area contributed by atoms with Crippen LogP contribution in [0.5, 0.6) is 0 Å². The summed E-state index contributed by atoms with van der Waals surface area (Å²) in [6.07, 6.45) is 2.65. The van der Waals surface area contributed by atoms with Gasteiger partial charge < -0.3 is 10.6 Å². The van der Waals surface area contributed by atoms with Crippen LogP contribution in [-0.4, -0.2) is 32.4 Å². The molecule has 0 fully saturated rings. The second-order valence-corrected chi connectivity index (χ2v) is 5.53. The molecule has 0 aliphatic rings. The molecule has 0 radical (unpaired) electrons. The third kappa shape index (κ3) is 3.32. The van der Waals surface area contributed by atoms with Crippen molar-refractivity contribution in [3.8, 4) is 0 Å². The number of carbonyl (C=O) groups excluding carboxylic acids is 1. The molecule has 0 unspecified atom stereocenters. The monoisotopic (exact) mass is 294 g/mol. The fourth-order valence-electron chi connectivity index (χ4n) is 1.61. The van der Waals surface area contributed by atoms with E-state index >= 15 is 0 Å². The van der Waals surface area contributed by atoms with Gasteiger partial charge in [0.1, 0.15) is 5.82 Å². The van der Waals surface area contributed by atoms with E-state index in [4.69, 9.17) is 0 Å². The van der Waals surface area contributed by atoms with Crippen molar-refractivity contribution in [2.75, 3.05) is 17.2 Å². The summed E-state index contributed by atoms with van der Waals surface area (Å²) in [6, 6.07) is 1.94. The molecule has 20 heavy (non-hydrogen) atoms. The Morgan fingerprint density at radius 1 is 1.45 bits per heavy atom. The molecule has 0 aliphatic carbocycles. The molecule has 0 saturated carbocycles. The topological polar surface area (TPSA) is 84.7 Å². The van der Waals surface area contributed by atoms with E-state index in [1.165, 1.54) is 11.3 Å². The van der Waals surface area contributed by atoms with Gasteiger partial charge in [0.05, 0.1) is 6.20 Å². The van der Waals surface area contributed by atoms with Crippen LogP contribution in [0.2, 0.25) is 0 Å². The minimum absolute atomic E-state index is 0.177.